The number of piperidine rings is 1. The van der Waals surface area contributed by atoms with Crippen LogP contribution in [0.3, 0.4) is 0 Å². The monoisotopic (exact) mass is 435 g/mol. The van der Waals surface area contributed by atoms with E-state index in [-0.39, 0.29) is 47.7 Å². The van der Waals surface area contributed by atoms with E-state index >= 15 is 0 Å². The molecule has 1 N–H and O–H groups in total. The molecule has 8 nitrogen and oxygen atoms in total. The molecule has 2 aliphatic rings. The Morgan fingerprint density at radius 1 is 1.17 bits per heavy atom. The van der Waals surface area contributed by atoms with Gasteiger partial charge in [-0.15, -0.1) is 11.6 Å². The van der Waals surface area contributed by atoms with Crippen LogP contribution in [-0.4, -0.2) is 71.8 Å². The second-order valence-corrected chi connectivity index (χ2v) is 8.29. The van der Waals surface area contributed by atoms with Crippen LogP contribution in [0.5, 0.6) is 0 Å². The molecule has 1 fully saturated rings. The first kappa shape index (κ1) is 22.1. The molecule has 2 heterocycles. The second kappa shape index (κ2) is 9.47. The summed E-state index contributed by atoms with van der Waals surface area (Å²) in [5.41, 5.74) is 0.941. The van der Waals surface area contributed by atoms with Gasteiger partial charge in [0.15, 0.2) is 0 Å². The molecule has 1 aromatic carbocycles. The SMILES string of the molecule is CC(C)CN1C(=O)c2ccc(C(=O)NC3CCN(C(=O)OCCCl)CC3)cc2C1=O. The second-order valence-electron chi connectivity index (χ2n) is 7.91. The number of carbonyl (C=O) groups excluding carboxylic acids is 4. The average molecular weight is 436 g/mol. The highest BCUT2D eigenvalue weighted by Gasteiger charge is 2.36. The molecule has 3 rings (SSSR count). The lowest BCUT2D eigenvalue weighted by Gasteiger charge is -2.31. The number of halogens is 1. The molecule has 1 saturated heterocycles. The highest BCUT2D eigenvalue weighted by atomic mass is 35.5. The molecule has 30 heavy (non-hydrogen) atoms. The molecular weight excluding hydrogens is 410 g/mol. The van der Waals surface area contributed by atoms with Gasteiger partial charge in [0.25, 0.3) is 17.7 Å². The Morgan fingerprint density at radius 3 is 2.47 bits per heavy atom. The lowest BCUT2D eigenvalue weighted by molar-refractivity contribution is 0.0635. The maximum Gasteiger partial charge on any atom is 0.409 e. The van der Waals surface area contributed by atoms with Gasteiger partial charge in [-0.25, -0.2) is 4.79 Å². The standard InChI is InChI=1S/C21H26ClN3O5/c1-13(2)12-25-19(27)16-4-3-14(11-17(16)20(25)28)18(26)23-15-5-8-24(9-6-15)21(29)30-10-7-22/h3-4,11,13,15H,5-10,12H2,1-2H3,(H,23,26). The molecule has 0 aromatic heterocycles. The van der Waals surface area contributed by atoms with Gasteiger partial charge >= 0.3 is 6.09 Å². The summed E-state index contributed by atoms with van der Waals surface area (Å²) < 4.78 is 5.01. The summed E-state index contributed by atoms with van der Waals surface area (Å²) in [6.07, 6.45) is 0.812. The smallest absolute Gasteiger partial charge is 0.409 e. The number of benzene rings is 1. The van der Waals surface area contributed by atoms with Crippen molar-refractivity contribution in [2.45, 2.75) is 32.7 Å². The number of hydrogen-bond donors (Lipinski definition) is 1. The number of nitrogens with one attached hydrogen (secondary N) is 1. The van der Waals surface area contributed by atoms with E-state index in [0.717, 1.165) is 0 Å². The molecule has 0 unspecified atom stereocenters. The minimum Gasteiger partial charge on any atom is -0.448 e. The lowest BCUT2D eigenvalue weighted by atomic mass is 10.0. The fourth-order valence-corrected chi connectivity index (χ4v) is 3.73. The Hall–Kier alpha value is -2.61. The lowest BCUT2D eigenvalue weighted by Crippen LogP contribution is -2.46. The van der Waals surface area contributed by atoms with Gasteiger partial charge in [-0.2, -0.15) is 0 Å². The largest absolute Gasteiger partial charge is 0.448 e. The van der Waals surface area contributed by atoms with Crippen LogP contribution >= 0.6 is 11.6 Å². The number of alkyl halides is 1. The maximum atomic E-state index is 12.7. The van der Waals surface area contributed by atoms with Crippen LogP contribution in [0.1, 0.15) is 57.8 Å². The van der Waals surface area contributed by atoms with Crippen molar-refractivity contribution in [3.05, 3.63) is 34.9 Å². The summed E-state index contributed by atoms with van der Waals surface area (Å²) >= 11 is 5.52. The van der Waals surface area contributed by atoms with Gasteiger partial charge in [0.05, 0.1) is 17.0 Å². The zero-order valence-corrected chi connectivity index (χ0v) is 17.9. The Bertz CT molecular complexity index is 849. The van der Waals surface area contributed by atoms with Crippen LogP contribution in [0, 0.1) is 5.92 Å². The van der Waals surface area contributed by atoms with Gasteiger partial charge in [-0.05, 0) is 37.0 Å². The van der Waals surface area contributed by atoms with Crippen LogP contribution < -0.4 is 5.32 Å². The molecular formula is C21H26ClN3O5. The summed E-state index contributed by atoms with van der Waals surface area (Å²) in [4.78, 5) is 52.4. The highest BCUT2D eigenvalue weighted by molar-refractivity contribution is 6.22. The molecule has 0 atom stereocenters. The first-order valence-corrected chi connectivity index (χ1v) is 10.6. The number of carbonyl (C=O) groups is 4. The van der Waals surface area contributed by atoms with Crippen molar-refractivity contribution in [1.82, 2.24) is 15.1 Å². The van der Waals surface area contributed by atoms with Gasteiger partial charge in [-0.3, -0.25) is 19.3 Å². The van der Waals surface area contributed by atoms with E-state index in [4.69, 9.17) is 16.3 Å². The van der Waals surface area contributed by atoms with Crippen molar-refractivity contribution < 1.29 is 23.9 Å². The van der Waals surface area contributed by atoms with Crippen molar-refractivity contribution in [3.8, 4) is 0 Å². The van der Waals surface area contributed by atoms with Gasteiger partial charge in [0.2, 0.25) is 0 Å². The van der Waals surface area contributed by atoms with E-state index in [9.17, 15) is 19.2 Å². The zero-order valence-electron chi connectivity index (χ0n) is 17.2. The maximum absolute atomic E-state index is 12.7. The zero-order chi connectivity index (χ0) is 21.8. The van der Waals surface area contributed by atoms with Crippen molar-refractivity contribution in [3.63, 3.8) is 0 Å². The van der Waals surface area contributed by atoms with Crippen molar-refractivity contribution in [2.24, 2.45) is 5.92 Å². The van der Waals surface area contributed by atoms with Gasteiger partial charge in [0, 0.05) is 31.2 Å². The topological polar surface area (TPSA) is 96.0 Å². The van der Waals surface area contributed by atoms with Crippen LogP contribution in [0.2, 0.25) is 0 Å². The van der Waals surface area contributed by atoms with Crippen LogP contribution in [-0.2, 0) is 4.74 Å². The number of nitrogens with zero attached hydrogens (tertiary/aromatic N) is 2. The normalized spacial score (nSPS) is 16.8. The van der Waals surface area contributed by atoms with Gasteiger partial charge in [0.1, 0.15) is 6.61 Å². The van der Waals surface area contributed by atoms with Crippen molar-refractivity contribution in [2.75, 3.05) is 32.1 Å². The van der Waals surface area contributed by atoms with E-state index in [0.29, 0.717) is 43.6 Å². The summed E-state index contributed by atoms with van der Waals surface area (Å²) in [7, 11) is 0. The number of hydrogen-bond acceptors (Lipinski definition) is 5. The Balaban J connectivity index is 1.59. The molecule has 0 spiro atoms. The third-order valence-electron chi connectivity index (χ3n) is 5.17. The fourth-order valence-electron chi connectivity index (χ4n) is 3.66. The summed E-state index contributed by atoms with van der Waals surface area (Å²) in [5, 5.41) is 2.95. The van der Waals surface area contributed by atoms with Crippen LogP contribution in [0.25, 0.3) is 0 Å². The van der Waals surface area contributed by atoms with E-state index < -0.39 is 6.09 Å². The van der Waals surface area contributed by atoms with E-state index in [1.807, 2.05) is 13.8 Å². The Labute approximate surface area is 180 Å². The molecule has 9 heteroatoms. The molecule has 4 amide bonds. The molecule has 0 bridgehead atoms. The summed E-state index contributed by atoms with van der Waals surface area (Å²) in [5.74, 6) is -0.565. The molecule has 1 aromatic rings. The van der Waals surface area contributed by atoms with Crippen LogP contribution in [0.15, 0.2) is 18.2 Å². The quantitative estimate of drug-likeness (QED) is 0.547. The third kappa shape index (κ3) is 4.75. The number of ether oxygens (including phenoxy) is 1. The van der Waals surface area contributed by atoms with Crippen molar-refractivity contribution in [1.29, 1.82) is 0 Å². The molecule has 162 valence electrons. The number of imide groups is 1. The summed E-state index contributed by atoms with van der Waals surface area (Å²) in [6, 6.07) is 4.51. The first-order valence-electron chi connectivity index (χ1n) is 10.1. The average Bonchev–Trinajstić information content (AvgIpc) is 2.96. The molecule has 2 aliphatic heterocycles. The predicted octanol–water partition coefficient (Wildman–Crippen LogP) is 2.51. The minimum absolute atomic E-state index is 0.0856. The number of likely N-dealkylation sites (tertiary alicyclic amines) is 1. The van der Waals surface area contributed by atoms with E-state index in [1.54, 1.807) is 17.0 Å². The van der Waals surface area contributed by atoms with Gasteiger partial charge < -0.3 is 15.0 Å². The van der Waals surface area contributed by atoms with Gasteiger partial charge in [-0.1, -0.05) is 13.8 Å². The number of amides is 4. The predicted molar refractivity (Wildman–Crippen MR) is 111 cm³/mol. The van der Waals surface area contributed by atoms with E-state index in [1.165, 1.54) is 11.0 Å². The fraction of sp³-hybridized carbons (Fsp3) is 0.524. The van der Waals surface area contributed by atoms with Crippen LogP contribution in [0.4, 0.5) is 4.79 Å². The number of fused-ring (bicyclic) bond motifs is 1. The van der Waals surface area contributed by atoms with Crippen molar-refractivity contribution >= 4 is 35.4 Å². The molecule has 0 radical (unpaired) electrons. The molecule has 0 saturated carbocycles. The molecule has 0 aliphatic carbocycles. The van der Waals surface area contributed by atoms with E-state index in [2.05, 4.69) is 5.32 Å². The Morgan fingerprint density at radius 2 is 1.83 bits per heavy atom. The first-order chi connectivity index (χ1) is 14.3. The summed E-state index contributed by atoms with van der Waals surface area (Å²) in [6.45, 7) is 5.35. The highest BCUT2D eigenvalue weighted by Crippen LogP contribution is 2.25. The third-order valence-corrected chi connectivity index (χ3v) is 5.33. The Kier molecular flexibility index (Phi) is 6.97. The minimum atomic E-state index is -0.395. The number of rotatable bonds is 6.